The molecule has 2 rings (SSSR count). The maximum atomic E-state index is 12.3. The van der Waals surface area contributed by atoms with Crippen molar-refractivity contribution >= 4 is 21.8 Å². The second-order valence-electron chi connectivity index (χ2n) is 5.26. The van der Waals surface area contributed by atoms with Crippen LogP contribution in [0.2, 0.25) is 0 Å². The molecule has 1 aromatic rings. The van der Waals surface area contributed by atoms with E-state index < -0.39 is 6.10 Å². The first-order valence-corrected chi connectivity index (χ1v) is 7.79. The molecule has 0 saturated carbocycles. The lowest BCUT2D eigenvalue weighted by Gasteiger charge is -2.23. The molecule has 2 atom stereocenters. The predicted molar refractivity (Wildman–Crippen MR) is 82.6 cm³/mol. The fourth-order valence-corrected chi connectivity index (χ4v) is 2.76. The Morgan fingerprint density at radius 1 is 1.35 bits per heavy atom. The van der Waals surface area contributed by atoms with Crippen LogP contribution in [-0.2, 0) is 4.79 Å². The average molecular weight is 341 g/mol. The molecular formula is C15H21BrN2O2. The van der Waals surface area contributed by atoms with Crippen LogP contribution < -0.4 is 10.5 Å². The summed E-state index contributed by atoms with van der Waals surface area (Å²) >= 11 is 3.42. The highest BCUT2D eigenvalue weighted by Crippen LogP contribution is 2.28. The fourth-order valence-electron chi connectivity index (χ4n) is 2.42. The van der Waals surface area contributed by atoms with E-state index in [4.69, 9.17) is 10.5 Å². The first-order chi connectivity index (χ1) is 9.49. The largest absolute Gasteiger partial charge is 0.481 e. The first kappa shape index (κ1) is 15.3. The van der Waals surface area contributed by atoms with Gasteiger partial charge in [-0.2, -0.15) is 0 Å². The van der Waals surface area contributed by atoms with Crippen LogP contribution in [0, 0.1) is 0 Å². The lowest BCUT2D eigenvalue weighted by Crippen LogP contribution is -2.38. The Morgan fingerprint density at radius 2 is 2.00 bits per heavy atom. The topological polar surface area (TPSA) is 55.6 Å². The van der Waals surface area contributed by atoms with Gasteiger partial charge in [0.25, 0.3) is 5.91 Å². The Balaban J connectivity index is 2.12. The molecule has 4 nitrogen and oxygen atoms in total. The Labute approximate surface area is 128 Å². The van der Waals surface area contributed by atoms with Crippen LogP contribution in [0.15, 0.2) is 22.7 Å². The smallest absolute Gasteiger partial charge is 0.263 e. The Kier molecular flexibility index (Phi) is 5.05. The summed E-state index contributed by atoms with van der Waals surface area (Å²) in [6.07, 6.45) is 1.68. The molecule has 1 fully saturated rings. The van der Waals surface area contributed by atoms with Gasteiger partial charge >= 0.3 is 0 Å². The molecule has 0 aromatic heterocycles. The molecule has 0 radical (unpaired) electrons. The van der Waals surface area contributed by atoms with Crippen molar-refractivity contribution in [3.8, 4) is 5.75 Å². The lowest BCUT2D eigenvalue weighted by molar-refractivity contribution is -0.136. The van der Waals surface area contributed by atoms with Crippen molar-refractivity contribution in [1.82, 2.24) is 4.90 Å². The summed E-state index contributed by atoms with van der Waals surface area (Å²) in [5.41, 5.74) is 6.86. The van der Waals surface area contributed by atoms with Gasteiger partial charge in [0.05, 0.1) is 0 Å². The van der Waals surface area contributed by atoms with Crippen molar-refractivity contribution in [2.75, 3.05) is 13.1 Å². The van der Waals surface area contributed by atoms with Crippen molar-refractivity contribution in [2.24, 2.45) is 5.73 Å². The molecule has 2 N–H and O–H groups in total. The predicted octanol–water partition coefficient (Wildman–Crippen LogP) is 2.86. The summed E-state index contributed by atoms with van der Waals surface area (Å²) in [5, 5.41) is 0. The molecule has 0 aliphatic carbocycles. The van der Waals surface area contributed by atoms with E-state index in [2.05, 4.69) is 15.9 Å². The summed E-state index contributed by atoms with van der Waals surface area (Å²) in [5.74, 6) is 0.729. The second-order valence-corrected chi connectivity index (χ2v) is 6.18. The number of amides is 1. The van der Waals surface area contributed by atoms with Gasteiger partial charge in [0.15, 0.2) is 6.10 Å². The summed E-state index contributed by atoms with van der Waals surface area (Å²) in [6, 6.07) is 5.59. The molecular weight excluding hydrogens is 320 g/mol. The zero-order chi connectivity index (χ0) is 14.7. The quantitative estimate of drug-likeness (QED) is 0.916. The minimum absolute atomic E-state index is 0.0538. The Morgan fingerprint density at radius 3 is 2.60 bits per heavy atom. The summed E-state index contributed by atoms with van der Waals surface area (Å²) in [7, 11) is 0. The van der Waals surface area contributed by atoms with Crippen LogP contribution in [0.3, 0.4) is 0 Å². The van der Waals surface area contributed by atoms with Crippen molar-refractivity contribution in [2.45, 2.75) is 38.8 Å². The van der Waals surface area contributed by atoms with Crippen LogP contribution in [0.1, 0.15) is 38.3 Å². The molecule has 1 aliphatic heterocycles. The van der Waals surface area contributed by atoms with E-state index in [9.17, 15) is 4.79 Å². The van der Waals surface area contributed by atoms with Crippen molar-refractivity contribution < 1.29 is 9.53 Å². The van der Waals surface area contributed by atoms with E-state index >= 15 is 0 Å². The van der Waals surface area contributed by atoms with Gasteiger partial charge in [-0.15, -0.1) is 0 Å². The number of carbonyl (C=O) groups is 1. The minimum atomic E-state index is -0.486. The third-order valence-corrected chi connectivity index (χ3v) is 4.03. The van der Waals surface area contributed by atoms with E-state index in [1.54, 1.807) is 6.92 Å². The van der Waals surface area contributed by atoms with Crippen LogP contribution in [0.25, 0.3) is 0 Å². The SMILES string of the molecule is CC(Oc1cc(Br)ccc1[C@@H](C)N)C(=O)N1CCCC1. The molecule has 5 heteroatoms. The number of carbonyl (C=O) groups excluding carboxylic acids is 1. The van der Waals surface area contributed by atoms with Crippen molar-refractivity contribution in [3.63, 3.8) is 0 Å². The number of hydrogen-bond acceptors (Lipinski definition) is 3. The highest BCUT2D eigenvalue weighted by molar-refractivity contribution is 9.10. The van der Waals surface area contributed by atoms with Gasteiger partial charge < -0.3 is 15.4 Å². The van der Waals surface area contributed by atoms with Gasteiger partial charge in [0, 0.05) is 29.2 Å². The number of rotatable bonds is 4. The highest BCUT2D eigenvalue weighted by atomic mass is 79.9. The molecule has 1 unspecified atom stereocenters. The average Bonchev–Trinajstić information content (AvgIpc) is 2.91. The number of benzene rings is 1. The second kappa shape index (κ2) is 6.59. The van der Waals surface area contributed by atoms with Gasteiger partial charge in [-0.25, -0.2) is 0 Å². The van der Waals surface area contributed by atoms with Crippen molar-refractivity contribution in [1.29, 1.82) is 0 Å². The van der Waals surface area contributed by atoms with Gasteiger partial charge in [-0.1, -0.05) is 22.0 Å². The monoisotopic (exact) mass is 340 g/mol. The molecule has 1 heterocycles. The third-order valence-electron chi connectivity index (χ3n) is 3.54. The van der Waals surface area contributed by atoms with E-state index in [0.29, 0.717) is 5.75 Å². The summed E-state index contributed by atoms with van der Waals surface area (Å²) in [4.78, 5) is 14.1. The number of halogens is 1. The summed E-state index contributed by atoms with van der Waals surface area (Å²) < 4.78 is 6.78. The summed E-state index contributed by atoms with van der Waals surface area (Å²) in [6.45, 7) is 5.38. The van der Waals surface area contributed by atoms with Crippen LogP contribution in [0.5, 0.6) is 5.75 Å². The van der Waals surface area contributed by atoms with Gasteiger partial charge in [0.2, 0.25) is 0 Å². The fraction of sp³-hybridized carbons (Fsp3) is 0.533. The number of nitrogens with two attached hydrogens (primary N) is 1. The minimum Gasteiger partial charge on any atom is -0.481 e. The molecule has 1 saturated heterocycles. The van der Waals surface area contributed by atoms with E-state index in [-0.39, 0.29) is 11.9 Å². The molecule has 0 bridgehead atoms. The van der Waals surface area contributed by atoms with E-state index in [1.165, 1.54) is 0 Å². The number of ether oxygens (including phenoxy) is 1. The number of nitrogens with zero attached hydrogens (tertiary/aromatic N) is 1. The molecule has 1 aliphatic rings. The third kappa shape index (κ3) is 3.52. The molecule has 110 valence electrons. The van der Waals surface area contributed by atoms with Gasteiger partial charge in [0.1, 0.15) is 5.75 Å². The zero-order valence-corrected chi connectivity index (χ0v) is 13.5. The van der Waals surface area contributed by atoms with Crippen LogP contribution >= 0.6 is 15.9 Å². The van der Waals surface area contributed by atoms with Crippen LogP contribution in [-0.4, -0.2) is 30.0 Å². The normalized spacial score (nSPS) is 17.9. The molecule has 1 aromatic carbocycles. The highest BCUT2D eigenvalue weighted by Gasteiger charge is 2.25. The maximum absolute atomic E-state index is 12.3. The molecule has 1 amide bonds. The number of likely N-dealkylation sites (tertiary alicyclic amines) is 1. The van der Waals surface area contributed by atoms with Crippen molar-refractivity contribution in [3.05, 3.63) is 28.2 Å². The Hall–Kier alpha value is -1.07. The number of hydrogen-bond donors (Lipinski definition) is 1. The van der Waals surface area contributed by atoms with E-state index in [1.807, 2.05) is 30.0 Å². The molecule has 0 spiro atoms. The van der Waals surface area contributed by atoms with Crippen LogP contribution in [0.4, 0.5) is 0 Å². The first-order valence-electron chi connectivity index (χ1n) is 6.99. The van der Waals surface area contributed by atoms with Gasteiger partial charge in [-0.05, 0) is 38.8 Å². The standard InChI is InChI=1S/C15H21BrN2O2/c1-10(17)13-6-5-12(16)9-14(13)20-11(2)15(19)18-7-3-4-8-18/h5-6,9-11H,3-4,7-8,17H2,1-2H3/t10-,11?/m1/s1. The lowest BCUT2D eigenvalue weighted by atomic mass is 10.1. The van der Waals surface area contributed by atoms with E-state index in [0.717, 1.165) is 36.0 Å². The van der Waals surface area contributed by atoms with Gasteiger partial charge in [-0.3, -0.25) is 4.79 Å². The zero-order valence-electron chi connectivity index (χ0n) is 11.9. The maximum Gasteiger partial charge on any atom is 0.263 e. The Bertz CT molecular complexity index is 485. The molecule has 20 heavy (non-hydrogen) atoms.